The first kappa shape index (κ1) is 17.1. The molecule has 2 rings (SSSR count). The van der Waals surface area contributed by atoms with Crippen molar-refractivity contribution in [1.29, 1.82) is 0 Å². The molecule has 0 aromatic heterocycles. The van der Waals surface area contributed by atoms with Crippen LogP contribution in [0.1, 0.15) is 24.8 Å². The van der Waals surface area contributed by atoms with Crippen LogP contribution in [0.15, 0.2) is 24.3 Å². The third-order valence-corrected chi connectivity index (χ3v) is 4.44. The number of ether oxygens (including phenoxy) is 2. The Hall–Kier alpha value is -1.23. The van der Waals surface area contributed by atoms with Crippen LogP contribution < -0.4 is 0 Å². The molecule has 1 aromatic rings. The van der Waals surface area contributed by atoms with Crippen LogP contribution in [0.4, 0.5) is 0 Å². The fourth-order valence-corrected chi connectivity index (χ4v) is 3.15. The minimum absolute atomic E-state index is 0.00491. The van der Waals surface area contributed by atoms with Crippen molar-refractivity contribution in [2.24, 2.45) is 11.8 Å². The molecule has 0 aliphatic heterocycles. The first-order chi connectivity index (χ1) is 10.6. The standard InChI is InChI=1S/C17H21ClO4/c1-21-17(22-2)16(20)14-5-3-4-12(15(14)19)10-11-6-8-13(18)9-7-11/h6-9,12,14,17H,3-5,10H2,1-2H3. The number of benzene rings is 1. The Morgan fingerprint density at radius 1 is 1.23 bits per heavy atom. The van der Waals surface area contributed by atoms with Gasteiger partial charge in [0.1, 0.15) is 5.78 Å². The Morgan fingerprint density at radius 2 is 1.86 bits per heavy atom. The highest BCUT2D eigenvalue weighted by Gasteiger charge is 2.38. The molecule has 1 saturated carbocycles. The average Bonchev–Trinajstić information content (AvgIpc) is 2.52. The van der Waals surface area contributed by atoms with Crippen LogP contribution >= 0.6 is 11.6 Å². The van der Waals surface area contributed by atoms with E-state index < -0.39 is 12.2 Å². The number of ketones is 2. The monoisotopic (exact) mass is 324 g/mol. The molecule has 1 aliphatic carbocycles. The minimum atomic E-state index is -0.955. The molecule has 0 saturated heterocycles. The molecule has 5 heteroatoms. The zero-order chi connectivity index (χ0) is 16.1. The maximum atomic E-state index is 12.6. The second-order valence-electron chi connectivity index (χ2n) is 5.62. The van der Waals surface area contributed by atoms with E-state index in [0.717, 1.165) is 18.4 Å². The van der Waals surface area contributed by atoms with Crippen molar-refractivity contribution >= 4 is 23.2 Å². The number of hydrogen-bond acceptors (Lipinski definition) is 4. The van der Waals surface area contributed by atoms with Crippen molar-refractivity contribution < 1.29 is 19.1 Å². The molecule has 4 nitrogen and oxygen atoms in total. The summed E-state index contributed by atoms with van der Waals surface area (Å²) in [4.78, 5) is 24.9. The van der Waals surface area contributed by atoms with Crippen molar-refractivity contribution in [2.75, 3.05) is 14.2 Å². The molecule has 120 valence electrons. The Morgan fingerprint density at radius 3 is 2.45 bits per heavy atom. The van der Waals surface area contributed by atoms with Gasteiger partial charge < -0.3 is 9.47 Å². The number of Topliss-reactive ketones (excluding diaryl/α,β-unsaturated/α-hetero) is 2. The second kappa shape index (κ2) is 7.86. The lowest BCUT2D eigenvalue weighted by Gasteiger charge is -2.28. The zero-order valence-electron chi connectivity index (χ0n) is 12.9. The van der Waals surface area contributed by atoms with E-state index in [1.807, 2.05) is 24.3 Å². The Labute approximate surface area is 135 Å². The number of rotatable bonds is 6. The number of methoxy groups -OCH3 is 2. The van der Waals surface area contributed by atoms with Crippen molar-refractivity contribution in [1.82, 2.24) is 0 Å². The molecule has 0 amide bonds. The van der Waals surface area contributed by atoms with E-state index in [2.05, 4.69) is 0 Å². The fourth-order valence-electron chi connectivity index (χ4n) is 3.02. The SMILES string of the molecule is COC(OC)C(=O)C1CCCC(Cc2ccc(Cl)cc2)C1=O. The highest BCUT2D eigenvalue weighted by Crippen LogP contribution is 2.30. The zero-order valence-corrected chi connectivity index (χ0v) is 13.6. The second-order valence-corrected chi connectivity index (χ2v) is 6.06. The van der Waals surface area contributed by atoms with Crippen molar-refractivity contribution in [3.05, 3.63) is 34.9 Å². The largest absolute Gasteiger partial charge is 0.349 e. The summed E-state index contributed by atoms with van der Waals surface area (Å²) in [6, 6.07) is 7.49. The van der Waals surface area contributed by atoms with Gasteiger partial charge >= 0.3 is 0 Å². The normalized spacial score (nSPS) is 22.1. The number of hydrogen-bond donors (Lipinski definition) is 0. The van der Waals surface area contributed by atoms with E-state index in [9.17, 15) is 9.59 Å². The van der Waals surface area contributed by atoms with Gasteiger partial charge in [0, 0.05) is 25.2 Å². The van der Waals surface area contributed by atoms with Gasteiger partial charge in [0.15, 0.2) is 5.78 Å². The maximum Gasteiger partial charge on any atom is 0.218 e. The number of carbonyl (C=O) groups excluding carboxylic acids is 2. The lowest BCUT2D eigenvalue weighted by molar-refractivity contribution is -0.164. The Balaban J connectivity index is 2.06. The molecular formula is C17H21ClO4. The van der Waals surface area contributed by atoms with Gasteiger partial charge in [-0.1, -0.05) is 30.2 Å². The predicted molar refractivity (Wildman–Crippen MR) is 83.8 cm³/mol. The Kier molecular flexibility index (Phi) is 6.12. The third kappa shape index (κ3) is 3.94. The molecule has 1 fully saturated rings. The summed E-state index contributed by atoms with van der Waals surface area (Å²) in [5.74, 6) is -1.00. The Bertz CT molecular complexity index is 522. The lowest BCUT2D eigenvalue weighted by atomic mass is 9.75. The van der Waals surface area contributed by atoms with Gasteiger partial charge in [0.2, 0.25) is 6.29 Å². The van der Waals surface area contributed by atoms with E-state index in [1.165, 1.54) is 14.2 Å². The van der Waals surface area contributed by atoms with E-state index in [4.69, 9.17) is 21.1 Å². The third-order valence-electron chi connectivity index (χ3n) is 4.19. The molecular weight excluding hydrogens is 304 g/mol. The first-order valence-corrected chi connectivity index (χ1v) is 7.82. The number of carbonyl (C=O) groups is 2. The van der Waals surface area contributed by atoms with Gasteiger partial charge in [-0.2, -0.15) is 0 Å². The van der Waals surface area contributed by atoms with Crippen LogP contribution in [-0.2, 0) is 25.5 Å². The van der Waals surface area contributed by atoms with Gasteiger partial charge in [-0.05, 0) is 37.0 Å². The highest BCUT2D eigenvalue weighted by molar-refractivity contribution is 6.30. The molecule has 2 unspecified atom stereocenters. The van der Waals surface area contributed by atoms with Gasteiger partial charge in [-0.25, -0.2) is 0 Å². The average molecular weight is 325 g/mol. The topological polar surface area (TPSA) is 52.6 Å². The van der Waals surface area contributed by atoms with Gasteiger partial charge in [-0.3, -0.25) is 9.59 Å². The number of halogens is 1. The lowest BCUT2D eigenvalue weighted by Crippen LogP contribution is -2.41. The summed E-state index contributed by atoms with van der Waals surface area (Å²) in [5.41, 5.74) is 1.06. The van der Waals surface area contributed by atoms with E-state index in [1.54, 1.807) is 0 Å². The van der Waals surface area contributed by atoms with Crippen molar-refractivity contribution in [2.45, 2.75) is 32.0 Å². The minimum Gasteiger partial charge on any atom is -0.349 e. The van der Waals surface area contributed by atoms with Crippen molar-refractivity contribution in [3.8, 4) is 0 Å². The molecule has 2 atom stereocenters. The van der Waals surface area contributed by atoms with Crippen LogP contribution in [0.5, 0.6) is 0 Å². The van der Waals surface area contributed by atoms with Crippen molar-refractivity contribution in [3.63, 3.8) is 0 Å². The molecule has 1 aromatic carbocycles. The molecule has 0 heterocycles. The molecule has 0 radical (unpaired) electrons. The van der Waals surface area contributed by atoms with Crippen LogP contribution in [0.2, 0.25) is 5.02 Å². The fraction of sp³-hybridized carbons (Fsp3) is 0.529. The van der Waals surface area contributed by atoms with Gasteiger partial charge in [0.05, 0.1) is 5.92 Å². The van der Waals surface area contributed by atoms with E-state index in [-0.39, 0.29) is 17.5 Å². The van der Waals surface area contributed by atoms with Crippen LogP contribution in [0.3, 0.4) is 0 Å². The summed E-state index contributed by atoms with van der Waals surface area (Å²) in [5, 5.41) is 0.676. The quantitative estimate of drug-likeness (QED) is 0.596. The van der Waals surface area contributed by atoms with Crippen LogP contribution in [0, 0.1) is 11.8 Å². The summed E-state index contributed by atoms with van der Waals surface area (Å²) >= 11 is 5.88. The summed E-state index contributed by atoms with van der Waals surface area (Å²) in [6.07, 6.45) is 1.95. The molecule has 0 bridgehead atoms. The summed E-state index contributed by atoms with van der Waals surface area (Å²) in [7, 11) is 2.81. The molecule has 1 aliphatic rings. The summed E-state index contributed by atoms with van der Waals surface area (Å²) in [6.45, 7) is 0. The van der Waals surface area contributed by atoms with E-state index in [0.29, 0.717) is 17.9 Å². The molecule has 22 heavy (non-hydrogen) atoms. The summed E-state index contributed by atoms with van der Waals surface area (Å²) < 4.78 is 9.98. The maximum absolute atomic E-state index is 12.6. The van der Waals surface area contributed by atoms with Gasteiger partial charge in [-0.15, -0.1) is 0 Å². The van der Waals surface area contributed by atoms with Crippen LogP contribution in [-0.4, -0.2) is 32.1 Å². The predicted octanol–water partition coefficient (Wildman–Crippen LogP) is 3.06. The molecule has 0 N–H and O–H groups in total. The van der Waals surface area contributed by atoms with E-state index >= 15 is 0 Å². The highest BCUT2D eigenvalue weighted by atomic mass is 35.5. The first-order valence-electron chi connectivity index (χ1n) is 7.44. The van der Waals surface area contributed by atoms with Crippen LogP contribution in [0.25, 0.3) is 0 Å². The smallest absolute Gasteiger partial charge is 0.218 e. The molecule has 0 spiro atoms. The van der Waals surface area contributed by atoms with Gasteiger partial charge in [0.25, 0.3) is 0 Å².